The zero-order valence-corrected chi connectivity index (χ0v) is 17.3. The van der Waals surface area contributed by atoms with Gasteiger partial charge in [-0.1, -0.05) is 30.3 Å². The van der Waals surface area contributed by atoms with Crippen molar-refractivity contribution in [3.63, 3.8) is 0 Å². The van der Waals surface area contributed by atoms with Crippen molar-refractivity contribution in [1.29, 1.82) is 0 Å². The van der Waals surface area contributed by atoms with Gasteiger partial charge in [-0.05, 0) is 49.9 Å². The van der Waals surface area contributed by atoms with Gasteiger partial charge in [-0.25, -0.2) is 9.97 Å². The molecule has 1 aromatic heterocycles. The first kappa shape index (κ1) is 21.1. The van der Waals surface area contributed by atoms with Gasteiger partial charge in [-0.15, -0.1) is 0 Å². The number of nitrogens with zero attached hydrogens (tertiary/aromatic N) is 3. The second-order valence-electron chi connectivity index (χ2n) is 7.92. The highest BCUT2D eigenvalue weighted by atomic mass is 19.4. The predicted molar refractivity (Wildman–Crippen MR) is 114 cm³/mol. The molecule has 0 aliphatic carbocycles. The van der Waals surface area contributed by atoms with Crippen molar-refractivity contribution in [2.75, 3.05) is 23.3 Å². The average molecular weight is 428 g/mol. The summed E-state index contributed by atoms with van der Waals surface area (Å²) in [5.41, 5.74) is 2.22. The molecule has 1 fully saturated rings. The molecule has 1 aliphatic rings. The van der Waals surface area contributed by atoms with E-state index in [1.807, 2.05) is 32.0 Å². The fraction of sp³-hybridized carbons (Fsp3) is 0.348. The van der Waals surface area contributed by atoms with Crippen molar-refractivity contribution in [1.82, 2.24) is 9.97 Å². The van der Waals surface area contributed by atoms with Gasteiger partial charge in [0.25, 0.3) is 0 Å². The molecule has 5 nitrogen and oxygen atoms in total. The molecule has 0 saturated carbocycles. The van der Waals surface area contributed by atoms with Crippen LogP contribution in [0.4, 0.5) is 24.7 Å². The minimum absolute atomic E-state index is 0.160. The summed E-state index contributed by atoms with van der Waals surface area (Å²) in [5, 5.41) is 2.97. The smallest absolute Gasteiger partial charge is 0.354 e. The van der Waals surface area contributed by atoms with Gasteiger partial charge in [-0.3, -0.25) is 4.79 Å². The number of carbonyl (C=O) groups excluding carboxylic acids is 1. The van der Waals surface area contributed by atoms with Crippen LogP contribution >= 0.6 is 0 Å². The average Bonchev–Trinajstić information content (AvgIpc) is 2.75. The number of fused-ring (bicyclic) bond motifs is 1. The van der Waals surface area contributed by atoms with E-state index in [1.165, 1.54) is 6.07 Å². The predicted octanol–water partition coefficient (Wildman–Crippen LogP) is 5.12. The third kappa shape index (κ3) is 4.33. The highest BCUT2D eigenvalue weighted by Gasteiger charge is 2.40. The molecular weight excluding hydrogens is 405 g/mol. The van der Waals surface area contributed by atoms with Crippen molar-refractivity contribution in [2.45, 2.75) is 32.9 Å². The van der Waals surface area contributed by atoms with Gasteiger partial charge >= 0.3 is 6.18 Å². The molecule has 0 spiro atoms. The zero-order chi connectivity index (χ0) is 22.2. The number of nitrogens with one attached hydrogen (secondary N) is 1. The summed E-state index contributed by atoms with van der Waals surface area (Å²) < 4.78 is 41.3. The van der Waals surface area contributed by atoms with Crippen molar-refractivity contribution in [2.24, 2.45) is 5.92 Å². The van der Waals surface area contributed by atoms with Crippen molar-refractivity contribution >= 4 is 28.4 Å². The summed E-state index contributed by atoms with van der Waals surface area (Å²) in [4.78, 5) is 22.6. The normalized spacial score (nSPS) is 17.1. The monoisotopic (exact) mass is 428 g/mol. The lowest BCUT2D eigenvalue weighted by Gasteiger charge is -2.34. The maximum absolute atomic E-state index is 13.8. The molecule has 2 heterocycles. The van der Waals surface area contributed by atoms with Gasteiger partial charge in [0.2, 0.25) is 5.91 Å². The maximum atomic E-state index is 13.8. The standard InChI is InChI=1S/C23H23F3N4O/c1-14-7-5-8-15(2)19(14)29-22(31)16-9-6-12-30(13-16)21-20(23(24,25)26)27-17-10-3-4-11-18(17)28-21/h3-5,7-8,10-11,16H,6,9,12-13H2,1-2H3,(H,29,31)/t16-/m1/s1. The van der Waals surface area contributed by atoms with Crippen LogP contribution in [0.1, 0.15) is 29.7 Å². The molecule has 0 bridgehead atoms. The Labute approximate surface area is 178 Å². The van der Waals surface area contributed by atoms with Crippen LogP contribution in [0.3, 0.4) is 0 Å². The molecule has 2 aromatic carbocycles. The van der Waals surface area contributed by atoms with Crippen LogP contribution in [0.5, 0.6) is 0 Å². The summed E-state index contributed by atoms with van der Waals surface area (Å²) in [5.74, 6) is -0.845. The number of aromatic nitrogens is 2. The Hall–Kier alpha value is -3.16. The fourth-order valence-electron chi connectivity index (χ4n) is 4.02. The summed E-state index contributed by atoms with van der Waals surface area (Å²) in [6.07, 6.45) is -3.44. The molecule has 31 heavy (non-hydrogen) atoms. The van der Waals surface area contributed by atoms with E-state index in [1.54, 1.807) is 23.1 Å². The number of benzene rings is 2. The molecule has 1 saturated heterocycles. The quantitative estimate of drug-likeness (QED) is 0.629. The molecule has 8 heteroatoms. The molecular formula is C23H23F3N4O. The first-order valence-electron chi connectivity index (χ1n) is 10.2. The van der Waals surface area contributed by atoms with Gasteiger partial charge in [0.1, 0.15) is 0 Å². The largest absolute Gasteiger partial charge is 0.437 e. The highest BCUT2D eigenvalue weighted by molar-refractivity contribution is 5.94. The first-order valence-corrected chi connectivity index (χ1v) is 10.2. The highest BCUT2D eigenvalue weighted by Crippen LogP contribution is 2.37. The molecule has 1 aliphatic heterocycles. The van der Waals surface area contributed by atoms with E-state index in [2.05, 4.69) is 15.3 Å². The lowest BCUT2D eigenvalue weighted by Crippen LogP contribution is -2.42. The second-order valence-corrected chi connectivity index (χ2v) is 7.92. The third-order valence-corrected chi connectivity index (χ3v) is 5.64. The Morgan fingerprint density at radius 1 is 1.03 bits per heavy atom. The minimum atomic E-state index is -4.64. The number of para-hydroxylation sites is 3. The van der Waals surface area contributed by atoms with Crippen LogP contribution < -0.4 is 10.2 Å². The number of aryl methyl sites for hydroxylation is 2. The molecule has 1 atom stereocenters. The fourth-order valence-corrected chi connectivity index (χ4v) is 4.02. The van der Waals surface area contributed by atoms with E-state index in [0.717, 1.165) is 16.8 Å². The Bertz CT molecular complexity index is 1110. The number of alkyl halides is 3. The Morgan fingerprint density at radius 2 is 1.68 bits per heavy atom. The summed E-state index contributed by atoms with van der Waals surface area (Å²) in [6, 6.07) is 12.2. The van der Waals surface area contributed by atoms with Crippen LogP contribution in [0.15, 0.2) is 42.5 Å². The van der Waals surface area contributed by atoms with E-state index in [-0.39, 0.29) is 23.8 Å². The van der Waals surface area contributed by atoms with Crippen LogP contribution in [0.2, 0.25) is 0 Å². The Kier molecular flexibility index (Phi) is 5.56. The van der Waals surface area contributed by atoms with E-state index >= 15 is 0 Å². The van der Waals surface area contributed by atoms with Crippen LogP contribution in [-0.2, 0) is 11.0 Å². The number of carbonyl (C=O) groups is 1. The van der Waals surface area contributed by atoms with Gasteiger partial charge in [0, 0.05) is 18.8 Å². The van der Waals surface area contributed by atoms with Crippen LogP contribution in [0, 0.1) is 19.8 Å². The number of piperidine rings is 1. The van der Waals surface area contributed by atoms with E-state index in [9.17, 15) is 18.0 Å². The van der Waals surface area contributed by atoms with Crippen molar-refractivity contribution in [3.8, 4) is 0 Å². The van der Waals surface area contributed by atoms with E-state index in [0.29, 0.717) is 24.9 Å². The first-order chi connectivity index (χ1) is 14.7. The summed E-state index contributed by atoms with van der Waals surface area (Å²) >= 11 is 0. The number of rotatable bonds is 3. The number of halogens is 3. The SMILES string of the molecule is Cc1cccc(C)c1NC(=O)[C@@H]1CCCN(c2nc3ccccc3nc2C(F)(F)F)C1. The lowest BCUT2D eigenvalue weighted by molar-refractivity contribution is -0.140. The number of hydrogen-bond donors (Lipinski definition) is 1. The molecule has 0 radical (unpaired) electrons. The summed E-state index contributed by atoms with van der Waals surface area (Å²) in [6.45, 7) is 4.38. The minimum Gasteiger partial charge on any atom is -0.354 e. The molecule has 1 amide bonds. The molecule has 3 aromatic rings. The van der Waals surface area contributed by atoms with Gasteiger partial charge in [0.15, 0.2) is 11.5 Å². The Morgan fingerprint density at radius 3 is 2.32 bits per heavy atom. The van der Waals surface area contributed by atoms with Crippen molar-refractivity contribution < 1.29 is 18.0 Å². The second kappa shape index (κ2) is 8.17. The Balaban J connectivity index is 1.62. The topological polar surface area (TPSA) is 58.1 Å². The van der Waals surface area contributed by atoms with Gasteiger partial charge in [-0.2, -0.15) is 13.2 Å². The molecule has 4 rings (SSSR count). The zero-order valence-electron chi connectivity index (χ0n) is 17.3. The summed E-state index contributed by atoms with van der Waals surface area (Å²) in [7, 11) is 0. The van der Waals surface area contributed by atoms with Crippen LogP contribution in [0.25, 0.3) is 11.0 Å². The lowest BCUT2D eigenvalue weighted by atomic mass is 9.96. The maximum Gasteiger partial charge on any atom is 0.437 e. The van der Waals surface area contributed by atoms with Crippen molar-refractivity contribution in [3.05, 3.63) is 59.3 Å². The van der Waals surface area contributed by atoms with Gasteiger partial charge < -0.3 is 10.2 Å². The van der Waals surface area contributed by atoms with E-state index < -0.39 is 17.8 Å². The third-order valence-electron chi connectivity index (χ3n) is 5.64. The number of hydrogen-bond acceptors (Lipinski definition) is 4. The van der Waals surface area contributed by atoms with Crippen LogP contribution in [-0.4, -0.2) is 29.0 Å². The number of amides is 1. The molecule has 0 unspecified atom stereocenters. The van der Waals surface area contributed by atoms with Gasteiger partial charge in [0.05, 0.1) is 17.0 Å². The van der Waals surface area contributed by atoms with E-state index in [4.69, 9.17) is 0 Å². The molecule has 1 N–H and O–H groups in total. The molecule has 162 valence electrons. The number of anilines is 2.